The summed E-state index contributed by atoms with van der Waals surface area (Å²) in [7, 11) is -2.82. The molecule has 2 aliphatic rings. The minimum atomic E-state index is -4.07. The van der Waals surface area contributed by atoms with Crippen molar-refractivity contribution in [3.8, 4) is 0 Å². The van der Waals surface area contributed by atoms with E-state index in [9.17, 15) is 18.0 Å². The molecule has 0 aliphatic carbocycles. The zero-order valence-electron chi connectivity index (χ0n) is 14.7. The van der Waals surface area contributed by atoms with E-state index in [0.29, 0.717) is 13.1 Å². The molecule has 1 atom stereocenters. The highest BCUT2D eigenvalue weighted by Crippen LogP contribution is 2.33. The topological polar surface area (TPSA) is 96.3 Å². The van der Waals surface area contributed by atoms with E-state index in [2.05, 4.69) is 5.10 Å². The van der Waals surface area contributed by atoms with E-state index in [1.165, 1.54) is 23.1 Å². The van der Waals surface area contributed by atoms with Gasteiger partial charge in [0.1, 0.15) is 6.04 Å². The lowest BCUT2D eigenvalue weighted by atomic mass is 10.1. The van der Waals surface area contributed by atoms with Crippen molar-refractivity contribution in [3.63, 3.8) is 0 Å². The second-order valence-corrected chi connectivity index (χ2v) is 8.11. The number of nitrogens with zero attached hydrogens (tertiary/aromatic N) is 3. The van der Waals surface area contributed by atoms with Gasteiger partial charge in [-0.1, -0.05) is 12.1 Å². The number of benzene rings is 1. The van der Waals surface area contributed by atoms with Gasteiger partial charge < -0.3 is 9.64 Å². The van der Waals surface area contributed by atoms with Crippen LogP contribution in [0.5, 0.6) is 0 Å². The number of fused-ring (bicyclic) bond motifs is 1. The number of ether oxygens (including phenoxy) is 1. The number of rotatable bonds is 3. The molecular formula is C17H21N3O5S. The lowest BCUT2D eigenvalue weighted by Crippen LogP contribution is -2.47. The third-order valence-electron chi connectivity index (χ3n) is 4.59. The van der Waals surface area contributed by atoms with E-state index in [1.54, 1.807) is 25.1 Å². The quantitative estimate of drug-likeness (QED) is 0.732. The molecule has 0 radical (unpaired) electrons. The Morgan fingerprint density at radius 3 is 2.46 bits per heavy atom. The highest BCUT2D eigenvalue weighted by Gasteiger charge is 2.41. The highest BCUT2D eigenvalue weighted by atomic mass is 32.2. The van der Waals surface area contributed by atoms with Crippen LogP contribution >= 0.6 is 0 Å². The van der Waals surface area contributed by atoms with Crippen LogP contribution in [0, 0.1) is 0 Å². The summed E-state index contributed by atoms with van der Waals surface area (Å²) in [6.07, 6.45) is 2.67. The zero-order chi connectivity index (χ0) is 18.9. The molecule has 2 heterocycles. The maximum absolute atomic E-state index is 13.0. The summed E-state index contributed by atoms with van der Waals surface area (Å²) < 4.78 is 30.7. The van der Waals surface area contributed by atoms with Crippen molar-refractivity contribution in [3.05, 3.63) is 24.3 Å². The lowest BCUT2D eigenvalue weighted by Gasteiger charge is -2.32. The number of sulfone groups is 1. The average Bonchev–Trinajstić information content (AvgIpc) is 2.67. The number of carbonyl (C=O) groups excluding carboxylic acids is 2. The standard InChI is InChI=1S/C17H21N3O5S/c1-12(17(22)25-2)20-13-8-4-5-9-14(13)26(23,24)15(18-20)16(21)19-10-6-3-7-11-19/h4-5,8-9,12H,3,6-7,10-11H2,1-2H3. The number of likely N-dealkylation sites (tertiary alicyclic amines) is 1. The van der Waals surface area contributed by atoms with Crippen LogP contribution in [0.1, 0.15) is 26.2 Å². The monoisotopic (exact) mass is 379 g/mol. The van der Waals surface area contributed by atoms with Crippen LogP contribution in [-0.2, 0) is 24.2 Å². The van der Waals surface area contributed by atoms with Gasteiger partial charge in [-0.15, -0.1) is 0 Å². The van der Waals surface area contributed by atoms with Gasteiger partial charge in [0.15, 0.2) is 0 Å². The van der Waals surface area contributed by atoms with Crippen molar-refractivity contribution in [1.82, 2.24) is 4.90 Å². The van der Waals surface area contributed by atoms with Crippen molar-refractivity contribution < 1.29 is 22.7 Å². The number of hydrogen-bond donors (Lipinski definition) is 0. The average molecular weight is 379 g/mol. The Morgan fingerprint density at radius 1 is 1.15 bits per heavy atom. The van der Waals surface area contributed by atoms with Crippen LogP contribution in [0.2, 0.25) is 0 Å². The number of amides is 1. The fourth-order valence-corrected chi connectivity index (χ4v) is 4.60. The molecule has 1 unspecified atom stereocenters. The Balaban J connectivity index is 2.09. The minimum Gasteiger partial charge on any atom is -0.467 e. The third-order valence-corrected chi connectivity index (χ3v) is 6.28. The van der Waals surface area contributed by atoms with E-state index < -0.39 is 32.8 Å². The SMILES string of the molecule is COC(=O)C(C)N1N=C(C(=O)N2CCCCC2)S(=O)(=O)c2ccccc21. The van der Waals surface area contributed by atoms with E-state index >= 15 is 0 Å². The molecule has 26 heavy (non-hydrogen) atoms. The Hall–Kier alpha value is -2.42. The van der Waals surface area contributed by atoms with Gasteiger partial charge in [-0.25, -0.2) is 18.2 Å². The predicted molar refractivity (Wildman–Crippen MR) is 95.5 cm³/mol. The molecule has 0 bridgehead atoms. The molecule has 0 saturated carbocycles. The minimum absolute atomic E-state index is 0.0360. The van der Waals surface area contributed by atoms with Gasteiger partial charge in [0.2, 0.25) is 14.9 Å². The van der Waals surface area contributed by atoms with E-state index in [4.69, 9.17) is 4.74 Å². The number of methoxy groups -OCH3 is 1. The molecule has 0 spiro atoms. The van der Waals surface area contributed by atoms with Crippen LogP contribution in [0.3, 0.4) is 0 Å². The second-order valence-electron chi connectivity index (χ2n) is 6.27. The van der Waals surface area contributed by atoms with Gasteiger partial charge in [0, 0.05) is 13.1 Å². The van der Waals surface area contributed by atoms with Crippen molar-refractivity contribution in [2.24, 2.45) is 5.10 Å². The molecule has 1 aromatic rings. The number of anilines is 1. The van der Waals surface area contributed by atoms with Crippen LogP contribution in [-0.4, -0.2) is 56.5 Å². The first-order valence-corrected chi connectivity index (χ1v) is 9.95. The summed E-state index contributed by atoms with van der Waals surface area (Å²) in [4.78, 5) is 26.3. The van der Waals surface area contributed by atoms with Crippen molar-refractivity contribution in [2.45, 2.75) is 37.1 Å². The first kappa shape index (κ1) is 18.4. The molecule has 3 rings (SSSR count). The Morgan fingerprint density at radius 2 is 1.81 bits per heavy atom. The highest BCUT2D eigenvalue weighted by molar-refractivity contribution is 8.08. The summed E-state index contributed by atoms with van der Waals surface area (Å²) in [6.45, 7) is 2.55. The van der Waals surface area contributed by atoms with Crippen LogP contribution < -0.4 is 5.01 Å². The molecule has 0 N–H and O–H groups in total. The van der Waals surface area contributed by atoms with Gasteiger partial charge >= 0.3 is 5.97 Å². The smallest absolute Gasteiger partial charge is 0.330 e. The van der Waals surface area contributed by atoms with Crippen LogP contribution in [0.25, 0.3) is 0 Å². The first-order chi connectivity index (χ1) is 12.4. The summed E-state index contributed by atoms with van der Waals surface area (Å²) in [5, 5.41) is 4.79. The van der Waals surface area contributed by atoms with Crippen molar-refractivity contribution >= 4 is 32.4 Å². The fraction of sp³-hybridized carbons (Fsp3) is 0.471. The van der Waals surface area contributed by atoms with Crippen molar-refractivity contribution in [1.29, 1.82) is 0 Å². The van der Waals surface area contributed by atoms with Crippen LogP contribution in [0.15, 0.2) is 34.3 Å². The second kappa shape index (κ2) is 7.06. The molecule has 1 amide bonds. The van der Waals surface area contributed by atoms with Gasteiger partial charge in [-0.05, 0) is 38.3 Å². The molecule has 8 nitrogen and oxygen atoms in total. The molecule has 1 saturated heterocycles. The maximum atomic E-state index is 13.0. The molecule has 9 heteroatoms. The number of piperidine rings is 1. The summed E-state index contributed by atoms with van der Waals surface area (Å²) in [5.74, 6) is -1.20. The maximum Gasteiger partial charge on any atom is 0.330 e. The largest absolute Gasteiger partial charge is 0.467 e. The molecule has 1 aromatic carbocycles. The van der Waals surface area contributed by atoms with Crippen LogP contribution in [0.4, 0.5) is 5.69 Å². The van der Waals surface area contributed by atoms with Crippen molar-refractivity contribution in [2.75, 3.05) is 25.2 Å². The van der Waals surface area contributed by atoms with E-state index in [-0.39, 0.29) is 10.6 Å². The summed E-state index contributed by atoms with van der Waals surface area (Å²) >= 11 is 0. The third kappa shape index (κ3) is 3.07. The van der Waals surface area contributed by atoms with Gasteiger partial charge in [0.25, 0.3) is 5.91 Å². The van der Waals surface area contributed by atoms with Gasteiger partial charge in [-0.2, -0.15) is 5.10 Å². The Bertz CT molecular complexity index is 859. The molecule has 2 aliphatic heterocycles. The van der Waals surface area contributed by atoms with Gasteiger partial charge in [-0.3, -0.25) is 4.79 Å². The normalized spacial score (nSPS) is 20.0. The number of hydrogen-bond acceptors (Lipinski definition) is 7. The lowest BCUT2D eigenvalue weighted by molar-refractivity contribution is -0.141. The number of esters is 1. The summed E-state index contributed by atoms with van der Waals surface area (Å²) in [6, 6.07) is 5.32. The molecular weight excluding hydrogens is 358 g/mol. The van der Waals surface area contributed by atoms with E-state index in [1.807, 2.05) is 0 Å². The molecule has 140 valence electrons. The molecule has 0 aromatic heterocycles. The fourth-order valence-electron chi connectivity index (χ4n) is 3.14. The van der Waals surface area contributed by atoms with E-state index in [0.717, 1.165) is 19.3 Å². The number of hydrazone groups is 1. The predicted octanol–water partition coefficient (Wildman–Crippen LogP) is 1.17. The summed E-state index contributed by atoms with van der Waals surface area (Å²) in [5.41, 5.74) is 0.251. The Kier molecular flexibility index (Phi) is 4.99. The molecule has 1 fully saturated rings. The first-order valence-electron chi connectivity index (χ1n) is 8.47. The zero-order valence-corrected chi connectivity index (χ0v) is 15.5. The Labute approximate surface area is 152 Å². The van der Waals surface area contributed by atoms with Gasteiger partial charge in [0.05, 0.1) is 17.7 Å². The number of para-hydroxylation sites is 1. The number of carbonyl (C=O) groups is 2.